The van der Waals surface area contributed by atoms with Crippen molar-refractivity contribution < 1.29 is 18.8 Å². The standard InChI is InChI=1S/C22H23ClFN5O4S/c1-13(2)11-28-21(14(3)33-19-7-5-4-6-16(19)23)26-27-22(28)34-12-20(30)25-18-10-15(29(31)32)8-9-17(18)24/h4-10,13-14H,11-12H2,1-3H3,(H,25,30). The summed E-state index contributed by atoms with van der Waals surface area (Å²) in [5.74, 6) is -0.0536. The summed E-state index contributed by atoms with van der Waals surface area (Å²) < 4.78 is 21.8. The molecule has 3 rings (SSSR count). The van der Waals surface area contributed by atoms with E-state index in [4.69, 9.17) is 16.3 Å². The molecule has 0 spiro atoms. The Hall–Kier alpha value is -3.18. The maximum Gasteiger partial charge on any atom is 0.271 e. The lowest BCUT2D eigenvalue weighted by atomic mass is 10.2. The minimum atomic E-state index is -0.764. The molecule has 1 N–H and O–H groups in total. The van der Waals surface area contributed by atoms with Crippen molar-refractivity contribution in [2.45, 2.75) is 38.6 Å². The number of nitrogens with one attached hydrogen (secondary N) is 1. The molecular formula is C22H23ClFN5O4S. The highest BCUT2D eigenvalue weighted by molar-refractivity contribution is 7.99. The van der Waals surface area contributed by atoms with Gasteiger partial charge in [0.15, 0.2) is 17.1 Å². The number of rotatable bonds is 10. The quantitative estimate of drug-likeness (QED) is 0.219. The lowest BCUT2D eigenvalue weighted by Gasteiger charge is -2.18. The first-order valence-electron chi connectivity index (χ1n) is 10.4. The van der Waals surface area contributed by atoms with Crippen molar-refractivity contribution in [3.05, 3.63) is 69.2 Å². The monoisotopic (exact) mass is 507 g/mol. The summed E-state index contributed by atoms with van der Waals surface area (Å²) >= 11 is 7.31. The van der Waals surface area contributed by atoms with Crippen molar-refractivity contribution in [3.63, 3.8) is 0 Å². The van der Waals surface area contributed by atoms with Crippen LogP contribution in [0.15, 0.2) is 47.6 Å². The van der Waals surface area contributed by atoms with Gasteiger partial charge in [-0.05, 0) is 31.0 Å². The summed E-state index contributed by atoms with van der Waals surface area (Å²) in [6.07, 6.45) is -0.465. The molecule has 0 aliphatic carbocycles. The van der Waals surface area contributed by atoms with E-state index >= 15 is 0 Å². The second-order valence-electron chi connectivity index (χ2n) is 7.79. The molecule has 2 aromatic carbocycles. The van der Waals surface area contributed by atoms with Crippen LogP contribution in [0, 0.1) is 21.8 Å². The zero-order valence-corrected chi connectivity index (χ0v) is 20.3. The molecule has 1 atom stereocenters. The molecule has 0 fully saturated rings. The van der Waals surface area contributed by atoms with Crippen LogP contribution in [0.4, 0.5) is 15.8 Å². The minimum Gasteiger partial charge on any atom is -0.481 e. The molecule has 1 aromatic heterocycles. The van der Waals surface area contributed by atoms with Gasteiger partial charge in [-0.25, -0.2) is 4.39 Å². The van der Waals surface area contributed by atoms with Gasteiger partial charge in [-0.3, -0.25) is 14.9 Å². The minimum absolute atomic E-state index is 0.0991. The Morgan fingerprint density at radius 1 is 1.26 bits per heavy atom. The van der Waals surface area contributed by atoms with Crippen molar-refractivity contribution in [3.8, 4) is 5.75 Å². The lowest BCUT2D eigenvalue weighted by Crippen LogP contribution is -2.17. The van der Waals surface area contributed by atoms with Crippen LogP contribution in [0.1, 0.15) is 32.7 Å². The van der Waals surface area contributed by atoms with Crippen LogP contribution in [0.25, 0.3) is 0 Å². The molecule has 12 heteroatoms. The Labute approximate surface area is 204 Å². The molecular weight excluding hydrogens is 485 g/mol. The Bertz CT molecular complexity index is 1190. The summed E-state index contributed by atoms with van der Waals surface area (Å²) in [6, 6.07) is 10.1. The number of para-hydroxylation sites is 1. The van der Waals surface area contributed by atoms with Gasteiger partial charge >= 0.3 is 0 Å². The van der Waals surface area contributed by atoms with Crippen LogP contribution in [-0.4, -0.2) is 31.3 Å². The summed E-state index contributed by atoms with van der Waals surface area (Å²) in [5.41, 5.74) is -0.580. The smallest absolute Gasteiger partial charge is 0.271 e. The van der Waals surface area contributed by atoms with E-state index in [0.29, 0.717) is 28.3 Å². The van der Waals surface area contributed by atoms with Crippen LogP contribution in [-0.2, 0) is 11.3 Å². The highest BCUT2D eigenvalue weighted by Crippen LogP contribution is 2.30. The molecule has 0 saturated carbocycles. The number of benzene rings is 2. The summed E-state index contributed by atoms with van der Waals surface area (Å²) in [6.45, 7) is 6.49. The van der Waals surface area contributed by atoms with E-state index in [0.717, 1.165) is 30.0 Å². The number of halogens is 2. The number of non-ortho nitro benzene ring substituents is 1. The van der Waals surface area contributed by atoms with Gasteiger partial charge in [0.1, 0.15) is 11.6 Å². The van der Waals surface area contributed by atoms with Crippen molar-refractivity contribution >= 4 is 40.6 Å². The number of nitro groups is 1. The van der Waals surface area contributed by atoms with E-state index < -0.39 is 22.8 Å². The number of carbonyl (C=O) groups excluding carboxylic acids is 1. The Balaban J connectivity index is 1.73. The van der Waals surface area contributed by atoms with Gasteiger partial charge in [0.25, 0.3) is 5.69 Å². The van der Waals surface area contributed by atoms with Gasteiger partial charge in [-0.1, -0.05) is 49.3 Å². The van der Waals surface area contributed by atoms with Crippen molar-refractivity contribution in [1.29, 1.82) is 0 Å². The first-order valence-corrected chi connectivity index (χ1v) is 11.7. The molecule has 0 bridgehead atoms. The fourth-order valence-corrected chi connectivity index (χ4v) is 4.00. The number of anilines is 1. The van der Waals surface area contributed by atoms with Gasteiger partial charge < -0.3 is 14.6 Å². The van der Waals surface area contributed by atoms with Crippen molar-refractivity contribution in [2.24, 2.45) is 5.92 Å². The molecule has 0 aliphatic heterocycles. The number of amides is 1. The van der Waals surface area contributed by atoms with E-state index in [2.05, 4.69) is 15.5 Å². The van der Waals surface area contributed by atoms with Crippen molar-refractivity contribution in [2.75, 3.05) is 11.1 Å². The van der Waals surface area contributed by atoms with Gasteiger partial charge in [0.05, 0.1) is 21.4 Å². The van der Waals surface area contributed by atoms with E-state index in [-0.39, 0.29) is 23.0 Å². The molecule has 0 radical (unpaired) electrons. The predicted octanol–water partition coefficient (Wildman–Crippen LogP) is 5.51. The maximum atomic E-state index is 14.0. The third-order valence-corrected chi connectivity index (χ3v) is 5.84. The normalized spacial score (nSPS) is 11.9. The number of thioether (sulfide) groups is 1. The first kappa shape index (κ1) is 25.4. The third kappa shape index (κ3) is 6.45. The highest BCUT2D eigenvalue weighted by atomic mass is 35.5. The summed E-state index contributed by atoms with van der Waals surface area (Å²) in [7, 11) is 0. The number of hydrogen-bond acceptors (Lipinski definition) is 7. The lowest BCUT2D eigenvalue weighted by molar-refractivity contribution is -0.384. The van der Waals surface area contributed by atoms with Crippen LogP contribution in [0.3, 0.4) is 0 Å². The van der Waals surface area contributed by atoms with Crippen LogP contribution in [0.5, 0.6) is 5.75 Å². The molecule has 1 amide bonds. The second-order valence-corrected chi connectivity index (χ2v) is 9.14. The largest absolute Gasteiger partial charge is 0.481 e. The first-order chi connectivity index (χ1) is 16.2. The predicted molar refractivity (Wildman–Crippen MR) is 128 cm³/mol. The number of carbonyl (C=O) groups is 1. The molecule has 0 saturated heterocycles. The van der Waals surface area contributed by atoms with E-state index in [9.17, 15) is 19.3 Å². The second kappa shape index (κ2) is 11.3. The van der Waals surface area contributed by atoms with E-state index in [1.54, 1.807) is 18.2 Å². The average Bonchev–Trinajstić information content (AvgIpc) is 3.17. The Morgan fingerprint density at radius 3 is 2.68 bits per heavy atom. The van der Waals surface area contributed by atoms with Crippen molar-refractivity contribution in [1.82, 2.24) is 14.8 Å². The Kier molecular flexibility index (Phi) is 8.46. The zero-order chi connectivity index (χ0) is 24.8. The van der Waals surface area contributed by atoms with Crippen LogP contribution >= 0.6 is 23.4 Å². The van der Waals surface area contributed by atoms with E-state index in [1.165, 1.54) is 0 Å². The number of nitrogens with zero attached hydrogens (tertiary/aromatic N) is 4. The topological polar surface area (TPSA) is 112 Å². The highest BCUT2D eigenvalue weighted by Gasteiger charge is 2.22. The molecule has 180 valence electrons. The maximum absolute atomic E-state index is 14.0. The Morgan fingerprint density at radius 2 is 2.00 bits per heavy atom. The number of hydrogen-bond donors (Lipinski definition) is 1. The SMILES string of the molecule is CC(C)Cn1c(SCC(=O)Nc2cc([N+](=O)[O-])ccc2F)nnc1C(C)Oc1ccccc1Cl. The number of aromatic nitrogens is 3. The van der Waals surface area contributed by atoms with Gasteiger partial charge in [-0.15, -0.1) is 10.2 Å². The third-order valence-electron chi connectivity index (χ3n) is 4.56. The average molecular weight is 508 g/mol. The number of ether oxygens (including phenoxy) is 1. The van der Waals surface area contributed by atoms with Gasteiger partial charge in [0, 0.05) is 18.7 Å². The fourth-order valence-electron chi connectivity index (χ4n) is 3.07. The van der Waals surface area contributed by atoms with Gasteiger partial charge in [0.2, 0.25) is 5.91 Å². The van der Waals surface area contributed by atoms with Crippen LogP contribution < -0.4 is 10.1 Å². The van der Waals surface area contributed by atoms with E-state index in [1.807, 2.05) is 31.4 Å². The molecule has 0 aliphatic rings. The summed E-state index contributed by atoms with van der Waals surface area (Å²) in [4.78, 5) is 22.7. The van der Waals surface area contributed by atoms with Gasteiger partial charge in [-0.2, -0.15) is 0 Å². The zero-order valence-electron chi connectivity index (χ0n) is 18.7. The summed E-state index contributed by atoms with van der Waals surface area (Å²) in [5, 5.41) is 22.7. The molecule has 3 aromatic rings. The fraction of sp³-hybridized carbons (Fsp3) is 0.318. The number of nitro benzene ring substituents is 1. The van der Waals surface area contributed by atoms with Crippen LogP contribution in [0.2, 0.25) is 5.02 Å². The molecule has 1 heterocycles. The molecule has 9 nitrogen and oxygen atoms in total. The molecule has 1 unspecified atom stereocenters. The molecule has 34 heavy (non-hydrogen) atoms.